The topological polar surface area (TPSA) is 47.6 Å². The molecule has 4 nitrogen and oxygen atoms in total. The van der Waals surface area contributed by atoms with Crippen LogP contribution < -0.4 is 14.8 Å². The number of amides is 1. The first kappa shape index (κ1) is 13.9. The van der Waals surface area contributed by atoms with Crippen LogP contribution in [-0.4, -0.2) is 25.7 Å². The second-order valence-corrected chi connectivity index (χ2v) is 5.76. The van der Waals surface area contributed by atoms with Crippen molar-refractivity contribution in [2.45, 2.75) is 12.8 Å². The smallest absolute Gasteiger partial charge is 0.261 e. The quantitative estimate of drug-likeness (QED) is 0.945. The first-order valence-corrected chi connectivity index (χ1v) is 7.91. The highest BCUT2D eigenvalue weighted by Crippen LogP contribution is 2.30. The van der Waals surface area contributed by atoms with Gasteiger partial charge in [-0.2, -0.15) is 0 Å². The summed E-state index contributed by atoms with van der Waals surface area (Å²) in [5.74, 6) is 1.59. The van der Waals surface area contributed by atoms with Crippen LogP contribution in [0.2, 0.25) is 0 Å². The summed E-state index contributed by atoms with van der Waals surface area (Å²) in [6, 6.07) is 9.66. The van der Waals surface area contributed by atoms with Gasteiger partial charge in [-0.05, 0) is 35.6 Å². The maximum atomic E-state index is 11.8. The predicted octanol–water partition coefficient (Wildman–Crippen LogP) is 2.88. The van der Waals surface area contributed by atoms with Gasteiger partial charge in [0.05, 0.1) is 18.1 Å². The molecule has 2 aromatic rings. The van der Waals surface area contributed by atoms with E-state index in [-0.39, 0.29) is 5.91 Å². The molecule has 0 unspecified atom stereocenters. The number of carbonyl (C=O) groups excluding carboxylic acids is 1. The number of thiophene rings is 1. The fourth-order valence-corrected chi connectivity index (χ4v) is 2.82. The molecule has 110 valence electrons. The van der Waals surface area contributed by atoms with Crippen LogP contribution in [0.15, 0.2) is 35.7 Å². The lowest BCUT2D eigenvalue weighted by atomic mass is 10.1. The Morgan fingerprint density at radius 3 is 2.86 bits per heavy atom. The summed E-state index contributed by atoms with van der Waals surface area (Å²) >= 11 is 1.45. The van der Waals surface area contributed by atoms with Crippen LogP contribution in [-0.2, 0) is 6.42 Å². The number of hydrogen-bond donors (Lipinski definition) is 1. The van der Waals surface area contributed by atoms with Crippen molar-refractivity contribution in [1.29, 1.82) is 0 Å². The monoisotopic (exact) mass is 303 g/mol. The van der Waals surface area contributed by atoms with Gasteiger partial charge in [0.15, 0.2) is 11.5 Å². The summed E-state index contributed by atoms with van der Waals surface area (Å²) in [6.07, 6.45) is 1.68. The molecule has 0 bridgehead atoms. The summed E-state index contributed by atoms with van der Waals surface area (Å²) in [5.41, 5.74) is 1.13. The Kier molecular flexibility index (Phi) is 4.40. The van der Waals surface area contributed by atoms with Crippen molar-refractivity contribution in [3.8, 4) is 11.5 Å². The van der Waals surface area contributed by atoms with Gasteiger partial charge in [-0.25, -0.2) is 0 Å². The highest BCUT2D eigenvalue weighted by molar-refractivity contribution is 7.12. The van der Waals surface area contributed by atoms with Crippen LogP contribution in [0, 0.1) is 0 Å². The van der Waals surface area contributed by atoms with Crippen molar-refractivity contribution in [2.24, 2.45) is 0 Å². The molecular formula is C16H17NO3S. The zero-order valence-corrected chi connectivity index (χ0v) is 12.4. The molecule has 21 heavy (non-hydrogen) atoms. The zero-order chi connectivity index (χ0) is 14.5. The second kappa shape index (κ2) is 6.63. The fourth-order valence-electron chi connectivity index (χ4n) is 2.18. The van der Waals surface area contributed by atoms with E-state index in [1.165, 1.54) is 11.3 Å². The van der Waals surface area contributed by atoms with E-state index in [0.29, 0.717) is 19.8 Å². The molecule has 3 rings (SSSR count). The molecule has 0 saturated carbocycles. The molecule has 1 aromatic carbocycles. The lowest BCUT2D eigenvalue weighted by molar-refractivity contribution is 0.0958. The van der Waals surface area contributed by atoms with E-state index in [1.54, 1.807) is 0 Å². The third-order valence-corrected chi connectivity index (χ3v) is 4.12. The molecule has 1 amide bonds. The molecule has 0 fully saturated rings. The molecule has 0 radical (unpaired) electrons. The minimum absolute atomic E-state index is 0.0145. The van der Waals surface area contributed by atoms with Gasteiger partial charge >= 0.3 is 0 Å². The van der Waals surface area contributed by atoms with Gasteiger partial charge in [-0.15, -0.1) is 11.3 Å². The second-order valence-electron chi connectivity index (χ2n) is 4.81. The Hall–Kier alpha value is -2.01. The summed E-state index contributed by atoms with van der Waals surface area (Å²) in [7, 11) is 0. The van der Waals surface area contributed by atoms with Crippen LogP contribution in [0.4, 0.5) is 0 Å². The van der Waals surface area contributed by atoms with Gasteiger partial charge in [-0.3, -0.25) is 4.79 Å². The molecule has 0 spiro atoms. The third-order valence-electron chi connectivity index (χ3n) is 3.26. The van der Waals surface area contributed by atoms with Crippen LogP contribution in [0.3, 0.4) is 0 Å². The number of hydrogen-bond acceptors (Lipinski definition) is 4. The maximum Gasteiger partial charge on any atom is 0.261 e. The number of carbonyl (C=O) groups is 1. The van der Waals surface area contributed by atoms with Crippen LogP contribution in [0.1, 0.15) is 21.7 Å². The molecule has 0 atom stereocenters. The SMILES string of the molecule is O=C(NCCc1ccc2c(c1)OCCCO2)c1cccs1. The summed E-state index contributed by atoms with van der Waals surface area (Å²) in [6.45, 7) is 1.99. The molecule has 0 saturated heterocycles. The normalized spacial score (nSPS) is 13.5. The van der Waals surface area contributed by atoms with E-state index in [1.807, 2.05) is 35.7 Å². The zero-order valence-electron chi connectivity index (χ0n) is 11.6. The number of rotatable bonds is 4. The van der Waals surface area contributed by atoms with Crippen molar-refractivity contribution in [1.82, 2.24) is 5.32 Å². The Balaban J connectivity index is 1.56. The summed E-state index contributed by atoms with van der Waals surface area (Å²) in [5, 5.41) is 4.83. The minimum atomic E-state index is -0.0145. The van der Waals surface area contributed by atoms with Gasteiger partial charge in [-0.1, -0.05) is 12.1 Å². The maximum absolute atomic E-state index is 11.8. The van der Waals surface area contributed by atoms with E-state index in [4.69, 9.17) is 9.47 Å². The van der Waals surface area contributed by atoms with Crippen molar-refractivity contribution < 1.29 is 14.3 Å². The third kappa shape index (κ3) is 3.55. The Morgan fingerprint density at radius 2 is 2.05 bits per heavy atom. The molecule has 1 N–H and O–H groups in total. The van der Waals surface area contributed by atoms with E-state index < -0.39 is 0 Å². The van der Waals surface area contributed by atoms with Gasteiger partial charge < -0.3 is 14.8 Å². The molecule has 5 heteroatoms. The largest absolute Gasteiger partial charge is 0.490 e. The Labute approximate surface area is 127 Å². The van der Waals surface area contributed by atoms with E-state index in [0.717, 1.165) is 34.8 Å². The van der Waals surface area contributed by atoms with Gasteiger partial charge in [0.25, 0.3) is 5.91 Å². The molecular weight excluding hydrogens is 286 g/mol. The van der Waals surface area contributed by atoms with E-state index in [9.17, 15) is 4.79 Å². The molecule has 2 heterocycles. The highest BCUT2D eigenvalue weighted by Gasteiger charge is 2.11. The Morgan fingerprint density at radius 1 is 1.19 bits per heavy atom. The molecule has 1 aromatic heterocycles. The van der Waals surface area contributed by atoms with E-state index in [2.05, 4.69) is 5.32 Å². The first-order chi connectivity index (χ1) is 10.3. The van der Waals surface area contributed by atoms with Crippen molar-refractivity contribution >= 4 is 17.2 Å². The average molecular weight is 303 g/mol. The van der Waals surface area contributed by atoms with Crippen LogP contribution >= 0.6 is 11.3 Å². The Bertz CT molecular complexity index is 610. The van der Waals surface area contributed by atoms with Crippen molar-refractivity contribution in [2.75, 3.05) is 19.8 Å². The number of nitrogens with one attached hydrogen (secondary N) is 1. The van der Waals surface area contributed by atoms with Gasteiger partial charge in [0.1, 0.15) is 0 Å². The number of benzene rings is 1. The minimum Gasteiger partial charge on any atom is -0.490 e. The number of fused-ring (bicyclic) bond motifs is 1. The lowest BCUT2D eigenvalue weighted by Gasteiger charge is -2.09. The summed E-state index contributed by atoms with van der Waals surface area (Å²) < 4.78 is 11.3. The van der Waals surface area contributed by atoms with Crippen molar-refractivity contribution in [3.05, 3.63) is 46.2 Å². The molecule has 1 aliphatic heterocycles. The van der Waals surface area contributed by atoms with Crippen LogP contribution in [0.5, 0.6) is 11.5 Å². The van der Waals surface area contributed by atoms with Crippen molar-refractivity contribution in [3.63, 3.8) is 0 Å². The lowest BCUT2D eigenvalue weighted by Crippen LogP contribution is -2.24. The molecule has 1 aliphatic rings. The summed E-state index contributed by atoms with van der Waals surface area (Å²) in [4.78, 5) is 12.6. The average Bonchev–Trinajstić information content (AvgIpc) is 2.93. The fraction of sp³-hybridized carbons (Fsp3) is 0.312. The standard InChI is InChI=1S/C16H17NO3S/c18-16(15-3-1-10-21-15)17-7-6-12-4-5-13-14(11-12)20-9-2-8-19-13/h1,3-5,10-11H,2,6-9H2,(H,17,18). The van der Waals surface area contributed by atoms with Gasteiger partial charge in [0, 0.05) is 13.0 Å². The van der Waals surface area contributed by atoms with E-state index >= 15 is 0 Å². The van der Waals surface area contributed by atoms with Gasteiger partial charge in [0.2, 0.25) is 0 Å². The molecule has 0 aliphatic carbocycles. The first-order valence-electron chi connectivity index (χ1n) is 7.03. The number of ether oxygens (including phenoxy) is 2. The predicted molar refractivity (Wildman–Crippen MR) is 82.4 cm³/mol. The highest BCUT2D eigenvalue weighted by atomic mass is 32.1. The van der Waals surface area contributed by atoms with Crippen LogP contribution in [0.25, 0.3) is 0 Å².